The normalized spacial score (nSPS) is 10.4. The molecule has 27 heavy (non-hydrogen) atoms. The van der Waals surface area contributed by atoms with Crippen molar-refractivity contribution in [3.05, 3.63) is 24.3 Å². The van der Waals surface area contributed by atoms with Crippen LogP contribution in [0.4, 0.5) is 10.5 Å². The molecule has 0 saturated carbocycles. The molecule has 1 amide bonds. The Bertz CT molecular complexity index is 496. The summed E-state index contributed by atoms with van der Waals surface area (Å²) in [5.74, 6) is 0.696. The van der Waals surface area contributed by atoms with Crippen LogP contribution in [0.1, 0.15) is 59.3 Å². The second-order valence-corrected chi connectivity index (χ2v) is 6.40. The summed E-state index contributed by atoms with van der Waals surface area (Å²) in [7, 11) is 0. The van der Waals surface area contributed by atoms with Crippen LogP contribution in [0.5, 0.6) is 5.75 Å². The molecule has 1 aromatic carbocycles. The Morgan fingerprint density at radius 2 is 1.63 bits per heavy atom. The van der Waals surface area contributed by atoms with Gasteiger partial charge in [0.15, 0.2) is 0 Å². The van der Waals surface area contributed by atoms with Crippen molar-refractivity contribution in [1.29, 1.82) is 0 Å². The van der Waals surface area contributed by atoms with Crippen LogP contribution < -0.4 is 10.1 Å². The van der Waals surface area contributed by atoms with Gasteiger partial charge < -0.3 is 14.4 Å². The molecule has 0 saturated heterocycles. The zero-order valence-corrected chi connectivity index (χ0v) is 18.0. The molecule has 0 unspecified atom stereocenters. The van der Waals surface area contributed by atoms with E-state index in [2.05, 4.69) is 31.0 Å². The van der Waals surface area contributed by atoms with Crippen molar-refractivity contribution in [2.75, 3.05) is 38.2 Å². The summed E-state index contributed by atoms with van der Waals surface area (Å²) in [4.78, 5) is 14.2. The summed E-state index contributed by atoms with van der Waals surface area (Å²) in [6, 6.07) is 7.50. The molecule has 0 fully saturated rings. The number of nitrogens with one attached hydrogen (secondary N) is 1. The van der Waals surface area contributed by atoms with E-state index < -0.39 is 6.09 Å². The first kappa shape index (κ1) is 25.5. The first-order valence-corrected chi connectivity index (χ1v) is 10.1. The Morgan fingerprint density at radius 3 is 2.33 bits per heavy atom. The van der Waals surface area contributed by atoms with Gasteiger partial charge >= 0.3 is 6.09 Å². The first-order valence-electron chi connectivity index (χ1n) is 10.1. The predicted molar refractivity (Wildman–Crippen MR) is 115 cm³/mol. The number of rotatable bonds is 14. The van der Waals surface area contributed by atoms with Gasteiger partial charge in [-0.1, -0.05) is 65.0 Å². The van der Waals surface area contributed by atoms with Gasteiger partial charge in [0.2, 0.25) is 0 Å². The maximum atomic E-state index is 12.0. The molecule has 1 N–H and O–H groups in total. The molecule has 0 atom stereocenters. The molecule has 0 heterocycles. The molecular weight excluding hydrogens is 364 g/mol. The van der Waals surface area contributed by atoms with Crippen LogP contribution in [0.2, 0.25) is 0 Å². The number of ether oxygens (including phenoxy) is 2. The minimum absolute atomic E-state index is 0. The van der Waals surface area contributed by atoms with E-state index in [-0.39, 0.29) is 12.4 Å². The largest absolute Gasteiger partial charge is 0.491 e. The van der Waals surface area contributed by atoms with Gasteiger partial charge in [0, 0.05) is 6.54 Å². The number of carbonyl (C=O) groups excluding carboxylic acids is 1. The highest BCUT2D eigenvalue weighted by molar-refractivity contribution is 5.86. The Hall–Kier alpha value is -1.46. The quantitative estimate of drug-likeness (QED) is 0.404. The third-order valence-electron chi connectivity index (χ3n) is 4.41. The molecule has 5 nitrogen and oxygen atoms in total. The lowest BCUT2D eigenvalue weighted by Crippen LogP contribution is -2.28. The molecule has 0 aliphatic carbocycles. The van der Waals surface area contributed by atoms with Crippen molar-refractivity contribution in [2.45, 2.75) is 59.3 Å². The lowest BCUT2D eigenvalue weighted by molar-refractivity contribution is 0.142. The standard InChI is InChI=1S/C21H36N2O3.ClH/c1-4-7-8-9-10-13-17-25-20-15-12-11-14-19(20)22-21(24)26-18-16-23(5-2)6-3;/h11-12,14-15H,4-10,13,16-18H2,1-3H3,(H,22,24);1H. The van der Waals surface area contributed by atoms with E-state index in [0.29, 0.717) is 24.7 Å². The van der Waals surface area contributed by atoms with Gasteiger partial charge in [-0.25, -0.2) is 4.79 Å². The maximum Gasteiger partial charge on any atom is 0.411 e. The molecule has 156 valence electrons. The van der Waals surface area contributed by atoms with E-state index in [1.54, 1.807) is 0 Å². The van der Waals surface area contributed by atoms with Crippen LogP contribution in [-0.4, -0.2) is 43.8 Å². The van der Waals surface area contributed by atoms with Gasteiger partial charge in [0.05, 0.1) is 12.3 Å². The number of hydrogen-bond donors (Lipinski definition) is 1. The van der Waals surface area contributed by atoms with Crippen molar-refractivity contribution >= 4 is 24.2 Å². The Morgan fingerprint density at radius 1 is 0.963 bits per heavy atom. The van der Waals surface area contributed by atoms with Crippen molar-refractivity contribution in [1.82, 2.24) is 4.90 Å². The lowest BCUT2D eigenvalue weighted by atomic mass is 10.1. The number of hydrogen-bond acceptors (Lipinski definition) is 4. The average molecular weight is 401 g/mol. The fourth-order valence-corrected chi connectivity index (χ4v) is 2.71. The zero-order chi connectivity index (χ0) is 19.0. The van der Waals surface area contributed by atoms with E-state index in [1.165, 1.54) is 32.1 Å². The monoisotopic (exact) mass is 400 g/mol. The highest BCUT2D eigenvalue weighted by Crippen LogP contribution is 2.24. The third kappa shape index (κ3) is 11.8. The summed E-state index contributed by atoms with van der Waals surface area (Å²) in [5.41, 5.74) is 0.659. The van der Waals surface area contributed by atoms with Gasteiger partial charge in [-0.15, -0.1) is 12.4 Å². The molecule has 0 bridgehead atoms. The molecular formula is C21H37ClN2O3. The fraction of sp³-hybridized carbons (Fsp3) is 0.667. The molecule has 6 heteroatoms. The number of amides is 1. The van der Waals surface area contributed by atoms with Crippen LogP contribution in [0.25, 0.3) is 0 Å². The molecule has 1 rings (SSSR count). The van der Waals surface area contributed by atoms with Gasteiger partial charge in [0.1, 0.15) is 12.4 Å². The Balaban J connectivity index is 0.00000676. The van der Waals surface area contributed by atoms with Crippen molar-refractivity contribution in [3.8, 4) is 5.75 Å². The number of carbonyl (C=O) groups is 1. The maximum absolute atomic E-state index is 12.0. The predicted octanol–water partition coefficient (Wildman–Crippen LogP) is 5.74. The third-order valence-corrected chi connectivity index (χ3v) is 4.41. The lowest BCUT2D eigenvalue weighted by Gasteiger charge is -2.18. The summed E-state index contributed by atoms with van der Waals surface area (Å²) in [6.07, 6.45) is 6.91. The van der Waals surface area contributed by atoms with Crippen LogP contribution >= 0.6 is 12.4 Å². The van der Waals surface area contributed by atoms with E-state index >= 15 is 0 Å². The van der Waals surface area contributed by atoms with Gasteiger partial charge in [-0.3, -0.25) is 5.32 Å². The molecule has 0 spiro atoms. The number of nitrogens with zero attached hydrogens (tertiary/aromatic N) is 1. The number of likely N-dealkylation sites (N-methyl/N-ethyl adjacent to an activating group) is 1. The first-order chi connectivity index (χ1) is 12.7. The highest BCUT2D eigenvalue weighted by Gasteiger charge is 2.09. The topological polar surface area (TPSA) is 50.8 Å². The highest BCUT2D eigenvalue weighted by atomic mass is 35.5. The minimum atomic E-state index is -0.437. The number of benzene rings is 1. The van der Waals surface area contributed by atoms with Crippen molar-refractivity contribution in [2.24, 2.45) is 0 Å². The average Bonchev–Trinajstić information content (AvgIpc) is 2.66. The molecule has 0 aromatic heterocycles. The minimum Gasteiger partial charge on any atom is -0.491 e. The number of unbranched alkanes of at least 4 members (excludes halogenated alkanes) is 5. The van der Waals surface area contributed by atoms with Crippen LogP contribution in [-0.2, 0) is 4.74 Å². The Kier molecular flexibility index (Phi) is 15.8. The summed E-state index contributed by atoms with van der Waals surface area (Å²) < 4.78 is 11.1. The van der Waals surface area contributed by atoms with Crippen molar-refractivity contribution < 1.29 is 14.3 Å². The summed E-state index contributed by atoms with van der Waals surface area (Å²) >= 11 is 0. The number of anilines is 1. The van der Waals surface area contributed by atoms with Gasteiger partial charge in [-0.05, 0) is 31.6 Å². The molecule has 0 radical (unpaired) electrons. The smallest absolute Gasteiger partial charge is 0.411 e. The second kappa shape index (κ2) is 16.7. The number of halogens is 1. The molecule has 0 aliphatic heterocycles. The van der Waals surface area contributed by atoms with E-state index in [0.717, 1.165) is 26.1 Å². The van der Waals surface area contributed by atoms with Crippen molar-refractivity contribution in [3.63, 3.8) is 0 Å². The SMILES string of the molecule is CCCCCCCCOc1ccccc1NC(=O)OCCN(CC)CC.Cl. The van der Waals surface area contributed by atoms with Crippen LogP contribution in [0.3, 0.4) is 0 Å². The zero-order valence-electron chi connectivity index (χ0n) is 17.2. The second-order valence-electron chi connectivity index (χ2n) is 6.40. The van der Waals surface area contributed by atoms with Crippen LogP contribution in [0.15, 0.2) is 24.3 Å². The Labute approximate surface area is 171 Å². The van der Waals surface area contributed by atoms with Crippen LogP contribution in [0, 0.1) is 0 Å². The fourth-order valence-electron chi connectivity index (χ4n) is 2.71. The number of para-hydroxylation sites is 2. The summed E-state index contributed by atoms with van der Waals surface area (Å²) in [6.45, 7) is 10.1. The molecule has 0 aliphatic rings. The van der Waals surface area contributed by atoms with Gasteiger partial charge in [0.25, 0.3) is 0 Å². The van der Waals surface area contributed by atoms with E-state index in [9.17, 15) is 4.79 Å². The van der Waals surface area contributed by atoms with Gasteiger partial charge in [-0.2, -0.15) is 0 Å². The van der Waals surface area contributed by atoms with E-state index in [1.807, 2.05) is 24.3 Å². The van der Waals surface area contributed by atoms with E-state index in [4.69, 9.17) is 9.47 Å². The molecule has 1 aromatic rings. The summed E-state index contributed by atoms with van der Waals surface area (Å²) in [5, 5.41) is 2.78.